The Bertz CT molecular complexity index is 363. The number of nitrogen functional groups attached to an aromatic ring is 1. The molecule has 0 aromatic heterocycles. The lowest BCUT2D eigenvalue weighted by molar-refractivity contribution is 0.0847. The van der Waals surface area contributed by atoms with E-state index in [9.17, 15) is 0 Å². The fourth-order valence-electron chi connectivity index (χ4n) is 2.47. The molecule has 1 aromatic rings. The molecule has 1 aliphatic rings. The van der Waals surface area contributed by atoms with Gasteiger partial charge in [0.05, 0.1) is 6.10 Å². The number of benzene rings is 1. The molecule has 4 heteroatoms. The fraction of sp³-hybridized carbons (Fsp3) is 0.538. The summed E-state index contributed by atoms with van der Waals surface area (Å²) < 4.78 is 5.45. The van der Waals surface area contributed by atoms with Crippen molar-refractivity contribution >= 4 is 17.3 Å². The average molecular weight is 255 g/mol. The van der Waals surface area contributed by atoms with E-state index in [0.717, 1.165) is 18.5 Å². The van der Waals surface area contributed by atoms with Gasteiger partial charge in [-0.25, -0.2) is 0 Å². The van der Waals surface area contributed by atoms with Crippen molar-refractivity contribution in [1.29, 1.82) is 0 Å². The predicted molar refractivity (Wildman–Crippen MR) is 71.1 cm³/mol. The predicted octanol–water partition coefficient (Wildman–Crippen LogP) is 2.58. The number of rotatable bonds is 4. The second-order valence-corrected chi connectivity index (χ2v) is 5.02. The van der Waals surface area contributed by atoms with Crippen molar-refractivity contribution in [2.45, 2.75) is 38.0 Å². The van der Waals surface area contributed by atoms with Crippen LogP contribution in [0.3, 0.4) is 0 Å². The first-order valence-corrected chi connectivity index (χ1v) is 6.38. The number of hydrogen-bond donors (Lipinski definition) is 2. The standard InChI is InChI=1S/C13H19ClN2O/c1-17-13-4-2-3-12(13)16-8-9-5-10(14)7-11(15)6-9/h5-7,12-13,16H,2-4,8,15H2,1H3. The Kier molecular flexibility index (Phi) is 4.26. The molecule has 0 saturated heterocycles. The summed E-state index contributed by atoms with van der Waals surface area (Å²) in [5, 5.41) is 4.21. The van der Waals surface area contributed by atoms with E-state index < -0.39 is 0 Å². The fourth-order valence-corrected chi connectivity index (χ4v) is 2.73. The first-order valence-electron chi connectivity index (χ1n) is 6.00. The molecular weight excluding hydrogens is 236 g/mol. The van der Waals surface area contributed by atoms with Crippen LogP contribution in [0, 0.1) is 0 Å². The third kappa shape index (κ3) is 3.35. The quantitative estimate of drug-likeness (QED) is 0.812. The third-order valence-electron chi connectivity index (χ3n) is 3.30. The van der Waals surface area contributed by atoms with Gasteiger partial charge < -0.3 is 15.8 Å². The van der Waals surface area contributed by atoms with Gasteiger partial charge in [0.15, 0.2) is 0 Å². The van der Waals surface area contributed by atoms with Gasteiger partial charge in [-0.1, -0.05) is 11.6 Å². The molecule has 1 saturated carbocycles. The molecule has 17 heavy (non-hydrogen) atoms. The van der Waals surface area contributed by atoms with Crippen LogP contribution in [0.4, 0.5) is 5.69 Å². The SMILES string of the molecule is COC1CCCC1NCc1cc(N)cc(Cl)c1. The van der Waals surface area contributed by atoms with Crippen LogP contribution in [0.2, 0.25) is 5.02 Å². The van der Waals surface area contributed by atoms with Gasteiger partial charge in [0.2, 0.25) is 0 Å². The van der Waals surface area contributed by atoms with Gasteiger partial charge in [-0.15, -0.1) is 0 Å². The van der Waals surface area contributed by atoms with Crippen molar-refractivity contribution in [1.82, 2.24) is 5.32 Å². The molecule has 94 valence electrons. The molecule has 2 unspecified atom stereocenters. The molecule has 1 aromatic carbocycles. The van der Waals surface area contributed by atoms with Gasteiger partial charge in [0, 0.05) is 30.4 Å². The lowest BCUT2D eigenvalue weighted by Gasteiger charge is -2.19. The van der Waals surface area contributed by atoms with E-state index >= 15 is 0 Å². The van der Waals surface area contributed by atoms with E-state index in [2.05, 4.69) is 5.32 Å². The van der Waals surface area contributed by atoms with Crippen LogP contribution in [0.5, 0.6) is 0 Å². The minimum absolute atomic E-state index is 0.339. The van der Waals surface area contributed by atoms with Gasteiger partial charge >= 0.3 is 0 Å². The highest BCUT2D eigenvalue weighted by Crippen LogP contribution is 2.22. The molecule has 0 radical (unpaired) electrons. The number of nitrogens with one attached hydrogen (secondary N) is 1. The molecule has 0 bridgehead atoms. The minimum Gasteiger partial charge on any atom is -0.399 e. The summed E-state index contributed by atoms with van der Waals surface area (Å²) in [6.07, 6.45) is 3.89. The zero-order valence-corrected chi connectivity index (χ0v) is 10.8. The normalized spacial score (nSPS) is 24.1. The molecule has 0 aliphatic heterocycles. The molecule has 2 rings (SSSR count). The Labute approximate surface area is 107 Å². The highest BCUT2D eigenvalue weighted by Gasteiger charge is 2.26. The van der Waals surface area contributed by atoms with Gasteiger partial charge in [-0.05, 0) is 43.0 Å². The molecule has 0 heterocycles. The van der Waals surface area contributed by atoms with E-state index in [1.807, 2.05) is 12.1 Å². The maximum absolute atomic E-state index is 5.97. The minimum atomic E-state index is 0.339. The Morgan fingerprint density at radius 1 is 1.41 bits per heavy atom. The van der Waals surface area contributed by atoms with Crippen LogP contribution in [-0.2, 0) is 11.3 Å². The van der Waals surface area contributed by atoms with E-state index in [0.29, 0.717) is 22.9 Å². The van der Waals surface area contributed by atoms with Crippen LogP contribution in [0.15, 0.2) is 18.2 Å². The average Bonchev–Trinajstić information content (AvgIpc) is 2.72. The second kappa shape index (κ2) is 5.71. The second-order valence-electron chi connectivity index (χ2n) is 4.59. The Hall–Kier alpha value is -0.770. The van der Waals surface area contributed by atoms with Crippen LogP contribution in [0.25, 0.3) is 0 Å². The van der Waals surface area contributed by atoms with Gasteiger partial charge in [0.25, 0.3) is 0 Å². The van der Waals surface area contributed by atoms with Crippen molar-refractivity contribution < 1.29 is 4.74 Å². The zero-order chi connectivity index (χ0) is 12.3. The maximum Gasteiger partial charge on any atom is 0.0724 e. The van der Waals surface area contributed by atoms with Gasteiger partial charge in [-0.3, -0.25) is 0 Å². The summed E-state index contributed by atoms with van der Waals surface area (Å²) in [4.78, 5) is 0. The molecule has 3 nitrogen and oxygen atoms in total. The summed E-state index contributed by atoms with van der Waals surface area (Å²) in [6, 6.07) is 6.11. The highest BCUT2D eigenvalue weighted by molar-refractivity contribution is 6.30. The molecule has 1 fully saturated rings. The summed E-state index contributed by atoms with van der Waals surface area (Å²) in [6.45, 7) is 0.787. The number of halogens is 1. The molecule has 0 amide bonds. The number of hydrogen-bond acceptors (Lipinski definition) is 3. The van der Waals surface area contributed by atoms with Crippen LogP contribution >= 0.6 is 11.6 Å². The zero-order valence-electron chi connectivity index (χ0n) is 10.1. The summed E-state index contributed by atoms with van der Waals surface area (Å²) >= 11 is 5.97. The van der Waals surface area contributed by atoms with Gasteiger partial charge in [-0.2, -0.15) is 0 Å². The van der Waals surface area contributed by atoms with E-state index in [1.54, 1.807) is 13.2 Å². The molecule has 0 spiro atoms. The lowest BCUT2D eigenvalue weighted by atomic mass is 10.1. The molecule has 2 atom stereocenters. The van der Waals surface area contributed by atoms with Crippen molar-refractivity contribution in [3.8, 4) is 0 Å². The monoisotopic (exact) mass is 254 g/mol. The lowest BCUT2D eigenvalue weighted by Crippen LogP contribution is -2.36. The van der Waals surface area contributed by atoms with E-state index in [-0.39, 0.29) is 0 Å². The first-order chi connectivity index (χ1) is 8.19. The molecule has 3 N–H and O–H groups in total. The van der Waals surface area contributed by atoms with Crippen molar-refractivity contribution in [3.63, 3.8) is 0 Å². The van der Waals surface area contributed by atoms with E-state index in [4.69, 9.17) is 22.1 Å². The number of ether oxygens (including phenoxy) is 1. The van der Waals surface area contributed by atoms with Crippen molar-refractivity contribution in [3.05, 3.63) is 28.8 Å². The number of nitrogens with two attached hydrogens (primary N) is 1. The van der Waals surface area contributed by atoms with Crippen LogP contribution in [-0.4, -0.2) is 19.3 Å². The summed E-state index contributed by atoms with van der Waals surface area (Å²) in [5.74, 6) is 0. The van der Waals surface area contributed by atoms with Crippen molar-refractivity contribution in [2.24, 2.45) is 0 Å². The summed E-state index contributed by atoms with van der Waals surface area (Å²) in [5.41, 5.74) is 7.59. The van der Waals surface area contributed by atoms with Crippen LogP contribution < -0.4 is 11.1 Å². The Morgan fingerprint density at radius 3 is 2.94 bits per heavy atom. The third-order valence-corrected chi connectivity index (χ3v) is 3.52. The Morgan fingerprint density at radius 2 is 2.24 bits per heavy atom. The van der Waals surface area contributed by atoms with E-state index in [1.165, 1.54) is 12.8 Å². The molecular formula is C13H19ClN2O. The first kappa shape index (κ1) is 12.7. The van der Waals surface area contributed by atoms with Crippen molar-refractivity contribution in [2.75, 3.05) is 12.8 Å². The summed E-state index contributed by atoms with van der Waals surface area (Å²) in [7, 11) is 1.78. The smallest absolute Gasteiger partial charge is 0.0724 e. The largest absolute Gasteiger partial charge is 0.399 e. The Balaban J connectivity index is 1.93. The van der Waals surface area contributed by atoms with Crippen LogP contribution in [0.1, 0.15) is 24.8 Å². The molecule has 1 aliphatic carbocycles. The topological polar surface area (TPSA) is 47.3 Å². The maximum atomic E-state index is 5.97. The number of anilines is 1. The number of methoxy groups -OCH3 is 1. The highest BCUT2D eigenvalue weighted by atomic mass is 35.5. The van der Waals surface area contributed by atoms with Gasteiger partial charge in [0.1, 0.15) is 0 Å².